The average molecular weight is 425 g/mol. The number of hydrogen-bond donors (Lipinski definition) is 3. The number of nitrogens with one attached hydrogen (secondary N) is 2. The number of alkyl carbamates (subject to hydrolysis) is 1. The Kier molecular flexibility index (Phi) is 7.25. The molecule has 2 aromatic carbocycles. The van der Waals surface area contributed by atoms with Crippen molar-refractivity contribution < 1.29 is 24.2 Å². The highest BCUT2D eigenvalue weighted by atomic mass is 16.5. The van der Waals surface area contributed by atoms with Crippen molar-refractivity contribution in [2.24, 2.45) is 0 Å². The van der Waals surface area contributed by atoms with Gasteiger partial charge in [-0.2, -0.15) is 0 Å². The molecule has 2 aromatic rings. The van der Waals surface area contributed by atoms with Gasteiger partial charge in [0.05, 0.1) is 6.42 Å². The fourth-order valence-corrected chi connectivity index (χ4v) is 3.76. The molecule has 0 radical (unpaired) electrons. The first-order valence-electron chi connectivity index (χ1n) is 10.1. The predicted octanol–water partition coefficient (Wildman–Crippen LogP) is 2.05. The monoisotopic (exact) mass is 425 g/mol. The molecule has 3 N–H and O–H groups in total. The molecule has 0 fully saturated rings. The van der Waals surface area contributed by atoms with Gasteiger partial charge in [-0.1, -0.05) is 48.5 Å². The van der Waals surface area contributed by atoms with Gasteiger partial charge in [0.2, 0.25) is 5.91 Å². The van der Waals surface area contributed by atoms with Crippen LogP contribution in [0.1, 0.15) is 23.5 Å². The maximum Gasteiger partial charge on any atom is 0.407 e. The van der Waals surface area contributed by atoms with Gasteiger partial charge in [0.15, 0.2) is 0 Å². The summed E-state index contributed by atoms with van der Waals surface area (Å²) in [4.78, 5) is 37.3. The van der Waals surface area contributed by atoms with Crippen LogP contribution >= 0.6 is 0 Å². The summed E-state index contributed by atoms with van der Waals surface area (Å²) in [6, 6.07) is 15.2. The molecule has 1 aliphatic rings. The molecule has 0 heterocycles. The maximum absolute atomic E-state index is 12.5. The molecule has 8 heteroatoms. The van der Waals surface area contributed by atoms with E-state index in [1.807, 2.05) is 36.4 Å². The SMILES string of the molecule is CN(C)C[C@H](NC(=O)OCC1c2ccccc2-c2ccccc21)C(=O)NCCC(=O)O. The largest absolute Gasteiger partial charge is 0.481 e. The molecule has 2 amide bonds. The van der Waals surface area contributed by atoms with Crippen LogP contribution in [0.4, 0.5) is 4.79 Å². The maximum atomic E-state index is 12.5. The van der Waals surface area contributed by atoms with Crippen molar-refractivity contribution in [2.75, 3.05) is 33.8 Å². The molecule has 3 rings (SSSR count). The summed E-state index contributed by atoms with van der Waals surface area (Å²) in [5.74, 6) is -1.53. The van der Waals surface area contributed by atoms with E-state index in [9.17, 15) is 14.4 Å². The molecule has 8 nitrogen and oxygen atoms in total. The van der Waals surface area contributed by atoms with Crippen molar-refractivity contribution in [2.45, 2.75) is 18.4 Å². The Morgan fingerprint density at radius 3 is 2.16 bits per heavy atom. The number of nitrogens with zero attached hydrogens (tertiary/aromatic N) is 1. The quantitative estimate of drug-likeness (QED) is 0.568. The Hall–Kier alpha value is -3.39. The Labute approximate surface area is 181 Å². The Morgan fingerprint density at radius 1 is 1.03 bits per heavy atom. The minimum atomic E-state index is -1.01. The van der Waals surface area contributed by atoms with Gasteiger partial charge in [-0.25, -0.2) is 4.79 Å². The topological polar surface area (TPSA) is 108 Å². The van der Waals surface area contributed by atoms with Gasteiger partial charge in [0, 0.05) is 19.0 Å². The zero-order valence-corrected chi connectivity index (χ0v) is 17.6. The number of carboxylic acids is 1. The van der Waals surface area contributed by atoms with Crippen LogP contribution in [0.5, 0.6) is 0 Å². The number of ether oxygens (including phenoxy) is 1. The molecule has 0 spiro atoms. The number of aliphatic carboxylic acids is 1. The lowest BCUT2D eigenvalue weighted by molar-refractivity contribution is -0.137. The smallest absolute Gasteiger partial charge is 0.407 e. The van der Waals surface area contributed by atoms with E-state index < -0.39 is 24.0 Å². The van der Waals surface area contributed by atoms with Crippen LogP contribution in [-0.4, -0.2) is 67.8 Å². The predicted molar refractivity (Wildman–Crippen MR) is 116 cm³/mol. The third-order valence-electron chi connectivity index (χ3n) is 5.14. The van der Waals surface area contributed by atoms with Crippen LogP contribution in [0.3, 0.4) is 0 Å². The van der Waals surface area contributed by atoms with Crippen LogP contribution < -0.4 is 10.6 Å². The molecule has 164 valence electrons. The Balaban J connectivity index is 1.62. The Morgan fingerprint density at radius 2 is 1.61 bits per heavy atom. The van der Waals surface area contributed by atoms with Gasteiger partial charge < -0.3 is 25.4 Å². The molecule has 0 unspecified atom stereocenters. The number of likely N-dealkylation sites (N-methyl/N-ethyl adjacent to an activating group) is 1. The van der Waals surface area contributed by atoms with Crippen molar-refractivity contribution in [3.8, 4) is 11.1 Å². The number of benzene rings is 2. The van der Waals surface area contributed by atoms with Gasteiger partial charge in [-0.3, -0.25) is 9.59 Å². The van der Waals surface area contributed by atoms with Crippen molar-refractivity contribution in [1.29, 1.82) is 0 Å². The highest BCUT2D eigenvalue weighted by Gasteiger charge is 2.29. The van der Waals surface area contributed by atoms with E-state index in [-0.39, 0.29) is 32.0 Å². The van der Waals surface area contributed by atoms with E-state index in [2.05, 4.69) is 22.8 Å². The zero-order valence-electron chi connectivity index (χ0n) is 17.6. The molecule has 0 aromatic heterocycles. The second-order valence-corrected chi connectivity index (χ2v) is 7.72. The van der Waals surface area contributed by atoms with Gasteiger partial charge >= 0.3 is 12.1 Å². The van der Waals surface area contributed by atoms with Crippen molar-refractivity contribution in [3.05, 3.63) is 59.7 Å². The van der Waals surface area contributed by atoms with Gasteiger partial charge in [-0.15, -0.1) is 0 Å². The summed E-state index contributed by atoms with van der Waals surface area (Å²) < 4.78 is 5.50. The first-order chi connectivity index (χ1) is 14.9. The molecule has 31 heavy (non-hydrogen) atoms. The standard InChI is InChI=1S/C23H27N3O5/c1-26(2)13-20(22(29)24-12-11-21(27)28)25-23(30)31-14-19-17-9-5-3-7-15(17)16-8-4-6-10-18(16)19/h3-10,19-20H,11-14H2,1-2H3,(H,24,29)(H,25,30)(H,27,28)/t20-/m0/s1. The number of amides is 2. The third kappa shape index (κ3) is 5.61. The lowest BCUT2D eigenvalue weighted by atomic mass is 9.98. The van der Waals surface area contributed by atoms with Crippen LogP contribution in [0.15, 0.2) is 48.5 Å². The number of carbonyl (C=O) groups is 3. The lowest BCUT2D eigenvalue weighted by Gasteiger charge is -2.22. The van der Waals surface area contributed by atoms with E-state index in [4.69, 9.17) is 9.84 Å². The lowest BCUT2D eigenvalue weighted by Crippen LogP contribution is -2.52. The van der Waals surface area contributed by atoms with Crippen LogP contribution in [-0.2, 0) is 14.3 Å². The summed E-state index contributed by atoms with van der Waals surface area (Å²) in [6.45, 7) is 0.392. The van der Waals surface area contributed by atoms with E-state index in [1.54, 1.807) is 19.0 Å². The molecule has 1 atom stereocenters. The van der Waals surface area contributed by atoms with E-state index in [0.29, 0.717) is 0 Å². The van der Waals surface area contributed by atoms with Gasteiger partial charge in [0.1, 0.15) is 12.6 Å². The minimum absolute atomic E-state index is 0.00946. The summed E-state index contributed by atoms with van der Waals surface area (Å²) in [5, 5.41) is 13.8. The normalized spacial score (nSPS) is 13.3. The van der Waals surface area contributed by atoms with E-state index in [0.717, 1.165) is 22.3 Å². The molecule has 0 saturated heterocycles. The number of rotatable bonds is 9. The molecular weight excluding hydrogens is 398 g/mol. The average Bonchev–Trinajstić information content (AvgIpc) is 3.05. The van der Waals surface area contributed by atoms with E-state index in [1.165, 1.54) is 0 Å². The van der Waals surface area contributed by atoms with Crippen molar-refractivity contribution in [3.63, 3.8) is 0 Å². The van der Waals surface area contributed by atoms with Crippen LogP contribution in [0.25, 0.3) is 11.1 Å². The first kappa shape index (κ1) is 22.3. The summed E-state index contributed by atoms with van der Waals surface area (Å²) in [5.41, 5.74) is 4.48. The number of fused-ring (bicyclic) bond motifs is 3. The summed E-state index contributed by atoms with van der Waals surface area (Å²) >= 11 is 0. The number of carbonyl (C=O) groups excluding carboxylic acids is 2. The zero-order chi connectivity index (χ0) is 22.4. The van der Waals surface area contributed by atoms with Crippen molar-refractivity contribution in [1.82, 2.24) is 15.5 Å². The van der Waals surface area contributed by atoms with Crippen LogP contribution in [0.2, 0.25) is 0 Å². The first-order valence-corrected chi connectivity index (χ1v) is 10.1. The fraction of sp³-hybridized carbons (Fsp3) is 0.348. The summed E-state index contributed by atoms with van der Waals surface area (Å²) in [6.07, 6.45) is -0.882. The van der Waals surface area contributed by atoms with Crippen molar-refractivity contribution >= 4 is 18.0 Å². The molecule has 1 aliphatic carbocycles. The Bertz CT molecular complexity index is 914. The second kappa shape index (κ2) is 10.1. The second-order valence-electron chi connectivity index (χ2n) is 7.72. The van der Waals surface area contributed by atoms with Gasteiger partial charge in [0.25, 0.3) is 0 Å². The molecular formula is C23H27N3O5. The molecule has 0 bridgehead atoms. The van der Waals surface area contributed by atoms with Crippen LogP contribution in [0, 0.1) is 0 Å². The highest BCUT2D eigenvalue weighted by Crippen LogP contribution is 2.44. The van der Waals surface area contributed by atoms with Gasteiger partial charge in [-0.05, 0) is 36.3 Å². The fourth-order valence-electron chi connectivity index (χ4n) is 3.76. The highest BCUT2D eigenvalue weighted by molar-refractivity contribution is 5.86. The molecule has 0 aliphatic heterocycles. The number of carboxylic acid groups (broad SMARTS) is 1. The summed E-state index contributed by atoms with van der Waals surface area (Å²) in [7, 11) is 3.55. The minimum Gasteiger partial charge on any atom is -0.481 e. The molecule has 0 saturated carbocycles. The third-order valence-corrected chi connectivity index (χ3v) is 5.14. The number of hydrogen-bond acceptors (Lipinski definition) is 5. The van der Waals surface area contributed by atoms with E-state index >= 15 is 0 Å².